The van der Waals surface area contributed by atoms with Crippen molar-refractivity contribution in [1.29, 1.82) is 0 Å². The maximum Gasteiger partial charge on any atom is 0.313 e. The molecule has 4 heteroatoms. The number of rotatable bonds is 8. The molecule has 23 heavy (non-hydrogen) atoms. The standard InChI is InChI=1S/C19H34O3Si/c1-6-8-10-15-12-16(20)13-17(18(15)14-23(3,4)5)19(21)22-11-9-7-2/h14-15,17H,6-13H2,1-5H3/b18-14+/t15-,17-/m1/s1. The highest BCUT2D eigenvalue weighted by Crippen LogP contribution is 2.37. The number of Topliss-reactive ketones (excluding diaryl/α,β-unsaturated/α-hetero) is 1. The first-order chi connectivity index (χ1) is 10.8. The van der Waals surface area contributed by atoms with Crippen LogP contribution in [0.15, 0.2) is 11.3 Å². The summed E-state index contributed by atoms with van der Waals surface area (Å²) in [5, 5.41) is 0. The molecular formula is C19H34O3Si. The Labute approximate surface area is 142 Å². The van der Waals surface area contributed by atoms with E-state index < -0.39 is 8.07 Å². The first-order valence-electron chi connectivity index (χ1n) is 9.19. The number of hydrogen-bond acceptors (Lipinski definition) is 3. The monoisotopic (exact) mass is 338 g/mol. The van der Waals surface area contributed by atoms with E-state index in [0.717, 1.165) is 32.1 Å². The van der Waals surface area contributed by atoms with Crippen LogP contribution in [0.25, 0.3) is 0 Å². The molecule has 0 spiro atoms. The molecule has 0 heterocycles. The lowest BCUT2D eigenvalue weighted by Gasteiger charge is -2.32. The van der Waals surface area contributed by atoms with Gasteiger partial charge in [-0.2, -0.15) is 0 Å². The van der Waals surface area contributed by atoms with Crippen LogP contribution in [0.2, 0.25) is 19.6 Å². The minimum Gasteiger partial charge on any atom is -0.465 e. The molecule has 1 aliphatic carbocycles. The van der Waals surface area contributed by atoms with Crippen molar-refractivity contribution < 1.29 is 14.3 Å². The predicted molar refractivity (Wildman–Crippen MR) is 98.0 cm³/mol. The highest BCUT2D eigenvalue weighted by atomic mass is 28.3. The number of carbonyl (C=O) groups excluding carboxylic acids is 2. The Morgan fingerprint density at radius 2 is 1.83 bits per heavy atom. The summed E-state index contributed by atoms with van der Waals surface area (Å²) in [4.78, 5) is 24.7. The summed E-state index contributed by atoms with van der Waals surface area (Å²) in [6, 6.07) is 0. The summed E-state index contributed by atoms with van der Waals surface area (Å²) in [5.74, 6) is -0.0536. The molecule has 132 valence electrons. The molecule has 1 saturated carbocycles. The van der Waals surface area contributed by atoms with Crippen molar-refractivity contribution in [2.75, 3.05) is 6.61 Å². The van der Waals surface area contributed by atoms with Crippen molar-refractivity contribution in [3.05, 3.63) is 11.3 Å². The minimum absolute atomic E-state index is 0.183. The average Bonchev–Trinajstić information content (AvgIpc) is 2.45. The fourth-order valence-corrected chi connectivity index (χ4v) is 4.62. The predicted octanol–water partition coefficient (Wildman–Crippen LogP) is 4.92. The van der Waals surface area contributed by atoms with E-state index in [2.05, 4.69) is 39.2 Å². The second kappa shape index (κ2) is 9.41. The number of unbranched alkanes of at least 4 members (excludes halogenated alkanes) is 2. The van der Waals surface area contributed by atoms with Crippen LogP contribution in [0.1, 0.15) is 58.8 Å². The second-order valence-corrected chi connectivity index (χ2v) is 12.9. The van der Waals surface area contributed by atoms with Crippen molar-refractivity contribution >= 4 is 19.8 Å². The van der Waals surface area contributed by atoms with Crippen molar-refractivity contribution in [2.45, 2.75) is 78.4 Å². The largest absolute Gasteiger partial charge is 0.465 e. The Morgan fingerprint density at radius 3 is 2.39 bits per heavy atom. The van der Waals surface area contributed by atoms with E-state index in [4.69, 9.17) is 4.74 Å². The van der Waals surface area contributed by atoms with Crippen LogP contribution in [0.3, 0.4) is 0 Å². The number of ether oxygens (including phenoxy) is 1. The lowest BCUT2D eigenvalue weighted by atomic mass is 9.75. The highest BCUT2D eigenvalue weighted by molar-refractivity contribution is 6.81. The molecule has 0 bridgehead atoms. The molecule has 1 fully saturated rings. The second-order valence-electron chi connectivity index (χ2n) is 7.87. The van der Waals surface area contributed by atoms with Crippen molar-refractivity contribution in [3.63, 3.8) is 0 Å². The zero-order valence-corrected chi connectivity index (χ0v) is 16.6. The molecule has 0 saturated heterocycles. The molecule has 0 radical (unpaired) electrons. The first-order valence-corrected chi connectivity index (χ1v) is 12.8. The van der Waals surface area contributed by atoms with Gasteiger partial charge in [0.1, 0.15) is 5.78 Å². The molecule has 3 nitrogen and oxygen atoms in total. The van der Waals surface area contributed by atoms with E-state index >= 15 is 0 Å². The van der Waals surface area contributed by atoms with Crippen molar-refractivity contribution in [2.24, 2.45) is 11.8 Å². The number of esters is 1. The molecule has 0 amide bonds. The van der Waals surface area contributed by atoms with Crippen LogP contribution < -0.4 is 0 Å². The Kier molecular flexibility index (Phi) is 8.24. The van der Waals surface area contributed by atoms with Gasteiger partial charge in [-0.15, -0.1) is 0 Å². The van der Waals surface area contributed by atoms with Gasteiger partial charge in [0.15, 0.2) is 0 Å². The molecule has 1 aliphatic rings. The van der Waals surface area contributed by atoms with Gasteiger partial charge < -0.3 is 4.74 Å². The molecule has 0 aromatic heterocycles. The summed E-state index contributed by atoms with van der Waals surface area (Å²) in [6.07, 6.45) is 6.08. The van der Waals surface area contributed by atoms with Gasteiger partial charge in [0.2, 0.25) is 0 Å². The van der Waals surface area contributed by atoms with E-state index in [-0.39, 0.29) is 23.6 Å². The quantitative estimate of drug-likeness (QED) is 0.358. The van der Waals surface area contributed by atoms with Crippen LogP contribution in [0.4, 0.5) is 0 Å². The van der Waals surface area contributed by atoms with Gasteiger partial charge in [0.05, 0.1) is 20.6 Å². The van der Waals surface area contributed by atoms with Gasteiger partial charge in [-0.05, 0) is 18.8 Å². The molecule has 0 aromatic carbocycles. The Morgan fingerprint density at radius 1 is 1.17 bits per heavy atom. The Balaban J connectivity index is 2.99. The molecule has 0 aromatic rings. The zero-order chi connectivity index (χ0) is 17.5. The SMILES string of the molecule is CCCCOC(=O)[C@@H]1CC(=O)C[C@@H](CCCC)/C1=C\[Si](C)(C)C. The molecule has 1 rings (SSSR count). The molecule has 0 aliphatic heterocycles. The van der Waals surface area contributed by atoms with Crippen LogP contribution in [0, 0.1) is 11.8 Å². The van der Waals surface area contributed by atoms with Crippen LogP contribution in [0.5, 0.6) is 0 Å². The van der Waals surface area contributed by atoms with E-state index in [9.17, 15) is 9.59 Å². The lowest BCUT2D eigenvalue weighted by Crippen LogP contribution is -2.34. The topological polar surface area (TPSA) is 43.4 Å². The third-order valence-electron chi connectivity index (χ3n) is 4.31. The number of hydrogen-bond donors (Lipinski definition) is 0. The van der Waals surface area contributed by atoms with Gasteiger partial charge in [-0.3, -0.25) is 9.59 Å². The van der Waals surface area contributed by atoms with Crippen molar-refractivity contribution in [3.8, 4) is 0 Å². The highest BCUT2D eigenvalue weighted by Gasteiger charge is 2.37. The van der Waals surface area contributed by atoms with Gasteiger partial charge in [-0.25, -0.2) is 0 Å². The molecule has 2 atom stereocenters. The van der Waals surface area contributed by atoms with Gasteiger partial charge in [0, 0.05) is 12.8 Å². The van der Waals surface area contributed by atoms with E-state index in [0.29, 0.717) is 19.4 Å². The smallest absolute Gasteiger partial charge is 0.313 e. The summed E-state index contributed by atoms with van der Waals surface area (Å²) in [7, 11) is -1.45. The van der Waals surface area contributed by atoms with Crippen LogP contribution in [-0.2, 0) is 14.3 Å². The third-order valence-corrected chi connectivity index (χ3v) is 5.51. The Hall–Kier alpha value is -0.903. The fraction of sp³-hybridized carbons (Fsp3) is 0.789. The first kappa shape index (κ1) is 20.1. The van der Waals surface area contributed by atoms with Crippen LogP contribution in [-0.4, -0.2) is 26.4 Å². The minimum atomic E-state index is -1.45. The van der Waals surface area contributed by atoms with E-state index in [1.54, 1.807) is 0 Å². The van der Waals surface area contributed by atoms with E-state index in [1.807, 2.05) is 0 Å². The number of carbonyl (C=O) groups is 2. The maximum absolute atomic E-state index is 12.5. The van der Waals surface area contributed by atoms with Gasteiger partial charge in [-0.1, -0.05) is 64.0 Å². The summed E-state index contributed by atoms with van der Waals surface area (Å²) < 4.78 is 5.45. The van der Waals surface area contributed by atoms with E-state index in [1.165, 1.54) is 5.57 Å². The van der Waals surface area contributed by atoms with Gasteiger partial charge in [0.25, 0.3) is 0 Å². The van der Waals surface area contributed by atoms with Crippen molar-refractivity contribution in [1.82, 2.24) is 0 Å². The molecule has 0 unspecified atom stereocenters. The summed E-state index contributed by atoms with van der Waals surface area (Å²) >= 11 is 0. The average molecular weight is 339 g/mol. The summed E-state index contributed by atoms with van der Waals surface area (Å²) in [5.41, 5.74) is 3.56. The fourth-order valence-electron chi connectivity index (χ4n) is 3.18. The normalized spacial score (nSPS) is 24.0. The lowest BCUT2D eigenvalue weighted by molar-refractivity contribution is -0.150. The van der Waals surface area contributed by atoms with Gasteiger partial charge >= 0.3 is 5.97 Å². The zero-order valence-electron chi connectivity index (χ0n) is 15.6. The van der Waals surface area contributed by atoms with Crippen LogP contribution >= 0.6 is 0 Å². The third kappa shape index (κ3) is 7.02. The summed E-state index contributed by atoms with van der Waals surface area (Å²) in [6.45, 7) is 11.6. The Bertz CT molecular complexity index is 434. The maximum atomic E-state index is 12.5. The molecule has 0 N–H and O–H groups in total. The molecular weight excluding hydrogens is 304 g/mol. The number of ketones is 1.